The van der Waals surface area contributed by atoms with E-state index < -0.39 is 11.7 Å². The molecular weight excluding hydrogens is 250 g/mol. The number of H-pyrrole nitrogens is 1. The van der Waals surface area contributed by atoms with Crippen LogP contribution in [-0.2, 0) is 7.05 Å². The van der Waals surface area contributed by atoms with Gasteiger partial charge in [-0.2, -0.15) is 5.10 Å². The minimum Gasteiger partial charge on any atom is -0.478 e. The minimum absolute atomic E-state index is 0.0767. The maximum absolute atomic E-state index is 11.4. The number of aryl methyl sites for hydroxylation is 1. The van der Waals surface area contributed by atoms with Crippen LogP contribution in [0, 0.1) is 0 Å². The fourth-order valence-electron chi connectivity index (χ4n) is 1.95. The predicted octanol–water partition coefficient (Wildman–Crippen LogP) is 1.22. The summed E-state index contributed by atoms with van der Waals surface area (Å²) in [6.45, 7) is 0. The zero-order valence-electron chi connectivity index (χ0n) is 9.88. The number of aromatic nitrogens is 3. The number of nitrogens with zero attached hydrogens (tertiary/aromatic N) is 2. The maximum atomic E-state index is 11.4. The predicted molar refractivity (Wildman–Crippen MR) is 66.0 cm³/mol. The molecule has 0 saturated carbocycles. The smallest absolute Gasteiger partial charge is 0.419 e. The monoisotopic (exact) mass is 259 g/mol. The van der Waals surface area contributed by atoms with Crippen molar-refractivity contribution in [2.45, 2.75) is 0 Å². The molecule has 0 saturated heterocycles. The average Bonchev–Trinajstić information content (AvgIpc) is 2.96. The van der Waals surface area contributed by atoms with Crippen molar-refractivity contribution in [1.82, 2.24) is 14.8 Å². The third kappa shape index (κ3) is 1.63. The number of aromatic carboxylic acids is 1. The van der Waals surface area contributed by atoms with Gasteiger partial charge in [-0.3, -0.25) is 9.67 Å². The van der Waals surface area contributed by atoms with Crippen molar-refractivity contribution in [2.75, 3.05) is 0 Å². The summed E-state index contributed by atoms with van der Waals surface area (Å²) in [7, 11) is 1.59. The molecule has 2 aromatic heterocycles. The fraction of sp³-hybridized carbons (Fsp3) is 0.0833. The van der Waals surface area contributed by atoms with Crippen LogP contribution in [0.4, 0.5) is 0 Å². The lowest BCUT2D eigenvalue weighted by atomic mass is 10.1. The van der Waals surface area contributed by atoms with Crippen molar-refractivity contribution >= 4 is 17.1 Å². The Labute approximate surface area is 106 Å². The Kier molecular flexibility index (Phi) is 2.28. The van der Waals surface area contributed by atoms with Gasteiger partial charge in [0.15, 0.2) is 5.58 Å². The lowest BCUT2D eigenvalue weighted by Gasteiger charge is -2.00. The number of oxazole rings is 1. The topological polar surface area (TPSA) is 101 Å². The van der Waals surface area contributed by atoms with Crippen molar-refractivity contribution in [3.05, 3.63) is 40.5 Å². The highest BCUT2D eigenvalue weighted by Gasteiger charge is 2.15. The van der Waals surface area contributed by atoms with Gasteiger partial charge in [0, 0.05) is 12.6 Å². The SMILES string of the molecule is Cn1c(=O)oc2ccc(-c3[nH]ncc3C(=O)O)cc21. The molecule has 19 heavy (non-hydrogen) atoms. The Bertz CT molecular complexity index is 840. The van der Waals surface area contributed by atoms with Gasteiger partial charge in [0.1, 0.15) is 5.56 Å². The molecule has 3 rings (SSSR count). The Morgan fingerprint density at radius 2 is 2.26 bits per heavy atom. The van der Waals surface area contributed by atoms with Crippen LogP contribution in [0.1, 0.15) is 10.4 Å². The molecule has 0 fully saturated rings. The molecule has 0 aliphatic rings. The molecule has 0 bridgehead atoms. The number of carbonyl (C=O) groups is 1. The molecule has 0 unspecified atom stereocenters. The Balaban J connectivity index is 2.26. The molecule has 0 amide bonds. The number of aromatic amines is 1. The molecule has 0 aliphatic carbocycles. The fourth-order valence-corrected chi connectivity index (χ4v) is 1.95. The van der Waals surface area contributed by atoms with Crippen LogP contribution in [0.25, 0.3) is 22.4 Å². The molecule has 0 spiro atoms. The van der Waals surface area contributed by atoms with Crippen LogP contribution in [0.15, 0.2) is 33.6 Å². The van der Waals surface area contributed by atoms with Crippen molar-refractivity contribution < 1.29 is 14.3 Å². The van der Waals surface area contributed by atoms with E-state index in [-0.39, 0.29) is 5.56 Å². The van der Waals surface area contributed by atoms with Crippen molar-refractivity contribution in [3.63, 3.8) is 0 Å². The number of nitrogens with one attached hydrogen (secondary N) is 1. The summed E-state index contributed by atoms with van der Waals surface area (Å²) < 4.78 is 6.37. The van der Waals surface area contributed by atoms with Gasteiger partial charge in [0.2, 0.25) is 0 Å². The zero-order valence-corrected chi connectivity index (χ0v) is 9.88. The van der Waals surface area contributed by atoms with E-state index in [2.05, 4.69) is 10.2 Å². The second kappa shape index (κ2) is 3.84. The molecule has 0 atom stereocenters. The van der Waals surface area contributed by atoms with Gasteiger partial charge in [0.05, 0.1) is 17.4 Å². The summed E-state index contributed by atoms with van der Waals surface area (Å²) in [5, 5.41) is 15.4. The first-order chi connectivity index (χ1) is 9.08. The molecule has 3 aromatic rings. The minimum atomic E-state index is -1.06. The van der Waals surface area contributed by atoms with Crippen LogP contribution in [0.5, 0.6) is 0 Å². The second-order valence-corrected chi connectivity index (χ2v) is 4.07. The average molecular weight is 259 g/mol. The summed E-state index contributed by atoms with van der Waals surface area (Å²) >= 11 is 0. The van der Waals surface area contributed by atoms with Gasteiger partial charge in [-0.15, -0.1) is 0 Å². The summed E-state index contributed by atoms with van der Waals surface area (Å²) in [6.07, 6.45) is 1.25. The normalized spacial score (nSPS) is 11.0. The van der Waals surface area contributed by atoms with Gasteiger partial charge < -0.3 is 9.52 Å². The summed E-state index contributed by atoms with van der Waals surface area (Å²) in [5.41, 5.74) is 2.13. The van der Waals surface area contributed by atoms with Gasteiger partial charge in [0.25, 0.3) is 0 Å². The molecule has 0 aliphatic heterocycles. The highest BCUT2D eigenvalue weighted by atomic mass is 16.4. The highest BCUT2D eigenvalue weighted by Crippen LogP contribution is 2.24. The Morgan fingerprint density at radius 1 is 1.47 bits per heavy atom. The number of hydrogen-bond acceptors (Lipinski definition) is 4. The van der Waals surface area contributed by atoms with E-state index in [1.807, 2.05) is 0 Å². The zero-order chi connectivity index (χ0) is 13.6. The standard InChI is InChI=1S/C12H9N3O4/c1-15-8-4-6(2-3-9(8)19-12(15)18)10-7(11(16)17)5-13-14-10/h2-5H,1H3,(H,13,14)(H,16,17). The van der Waals surface area contributed by atoms with Gasteiger partial charge in [-0.05, 0) is 18.2 Å². The molecule has 7 heteroatoms. The van der Waals surface area contributed by atoms with E-state index in [0.29, 0.717) is 22.4 Å². The molecular formula is C12H9N3O4. The first-order valence-corrected chi connectivity index (χ1v) is 5.44. The van der Waals surface area contributed by atoms with Gasteiger partial charge in [-0.25, -0.2) is 9.59 Å². The third-order valence-electron chi connectivity index (χ3n) is 2.95. The largest absolute Gasteiger partial charge is 0.478 e. The number of carboxylic acids is 1. The van der Waals surface area contributed by atoms with E-state index in [1.54, 1.807) is 25.2 Å². The van der Waals surface area contributed by atoms with Crippen LogP contribution in [-0.4, -0.2) is 25.8 Å². The molecule has 0 radical (unpaired) electrons. The van der Waals surface area contributed by atoms with Crippen LogP contribution >= 0.6 is 0 Å². The van der Waals surface area contributed by atoms with Crippen LogP contribution in [0.2, 0.25) is 0 Å². The molecule has 96 valence electrons. The van der Waals surface area contributed by atoms with Crippen molar-refractivity contribution in [2.24, 2.45) is 7.05 Å². The van der Waals surface area contributed by atoms with Crippen molar-refractivity contribution in [3.8, 4) is 11.3 Å². The van der Waals surface area contributed by atoms with E-state index in [1.165, 1.54) is 10.8 Å². The van der Waals surface area contributed by atoms with E-state index in [9.17, 15) is 9.59 Å². The second-order valence-electron chi connectivity index (χ2n) is 4.07. The summed E-state index contributed by atoms with van der Waals surface area (Å²) in [4.78, 5) is 22.5. The Morgan fingerprint density at radius 3 is 3.00 bits per heavy atom. The summed E-state index contributed by atoms with van der Waals surface area (Å²) in [6, 6.07) is 4.98. The lowest BCUT2D eigenvalue weighted by molar-refractivity contribution is 0.0698. The van der Waals surface area contributed by atoms with Crippen LogP contribution < -0.4 is 5.76 Å². The van der Waals surface area contributed by atoms with Gasteiger partial charge in [-0.1, -0.05) is 0 Å². The first kappa shape index (κ1) is 11.3. The molecule has 2 heterocycles. The summed E-state index contributed by atoms with van der Waals surface area (Å²) in [5.74, 6) is -1.53. The number of hydrogen-bond donors (Lipinski definition) is 2. The van der Waals surface area contributed by atoms with E-state index >= 15 is 0 Å². The number of fused-ring (bicyclic) bond motifs is 1. The highest BCUT2D eigenvalue weighted by molar-refractivity contribution is 5.95. The van der Waals surface area contributed by atoms with E-state index in [4.69, 9.17) is 9.52 Å². The van der Waals surface area contributed by atoms with E-state index in [0.717, 1.165) is 0 Å². The number of carboxylic acid groups (broad SMARTS) is 1. The molecule has 2 N–H and O–H groups in total. The van der Waals surface area contributed by atoms with Crippen LogP contribution in [0.3, 0.4) is 0 Å². The lowest BCUT2D eigenvalue weighted by Crippen LogP contribution is -2.08. The quantitative estimate of drug-likeness (QED) is 0.720. The van der Waals surface area contributed by atoms with Gasteiger partial charge >= 0.3 is 11.7 Å². The first-order valence-electron chi connectivity index (χ1n) is 5.44. The third-order valence-corrected chi connectivity index (χ3v) is 2.95. The number of rotatable bonds is 2. The molecule has 7 nitrogen and oxygen atoms in total. The molecule has 1 aromatic carbocycles. The van der Waals surface area contributed by atoms with Crippen molar-refractivity contribution in [1.29, 1.82) is 0 Å². The number of benzene rings is 1. The Hall–Kier alpha value is -2.83. The maximum Gasteiger partial charge on any atom is 0.419 e.